The van der Waals surface area contributed by atoms with Crippen LogP contribution >= 0.6 is 0 Å². The lowest BCUT2D eigenvalue weighted by Crippen LogP contribution is -2.45. The van der Waals surface area contributed by atoms with Crippen molar-refractivity contribution in [1.82, 2.24) is 14.7 Å². The Balaban J connectivity index is 1.92. The van der Waals surface area contributed by atoms with Crippen LogP contribution in [-0.2, 0) is 18.3 Å². The second-order valence-corrected chi connectivity index (χ2v) is 5.95. The summed E-state index contributed by atoms with van der Waals surface area (Å²) in [6.07, 6.45) is 1.70. The summed E-state index contributed by atoms with van der Waals surface area (Å²) in [6, 6.07) is 0. The van der Waals surface area contributed by atoms with Crippen molar-refractivity contribution in [3.8, 4) is 0 Å². The quantitative estimate of drug-likeness (QED) is 0.904. The number of aryl methyl sites for hydroxylation is 2. The molecule has 0 saturated carbocycles. The lowest BCUT2D eigenvalue weighted by molar-refractivity contribution is -0.134. The number of carbonyl (C=O) groups is 1. The molecule has 0 spiro atoms. The van der Waals surface area contributed by atoms with E-state index in [1.54, 1.807) is 0 Å². The van der Waals surface area contributed by atoms with Gasteiger partial charge in [0.05, 0.1) is 11.8 Å². The second-order valence-electron chi connectivity index (χ2n) is 5.95. The van der Waals surface area contributed by atoms with Crippen LogP contribution in [0.1, 0.15) is 36.7 Å². The van der Waals surface area contributed by atoms with Crippen LogP contribution in [0.2, 0.25) is 0 Å². The lowest BCUT2D eigenvalue weighted by atomic mass is 9.96. The largest absolute Gasteiger partial charge is 0.393 e. The fourth-order valence-corrected chi connectivity index (χ4v) is 2.93. The number of amides is 1. The van der Waals surface area contributed by atoms with Crippen molar-refractivity contribution in [3.63, 3.8) is 0 Å². The SMILES string of the molecule is Cc1nn(C)c(C)c1CCC(=O)N1CCC(O)C(C)C1. The average Bonchev–Trinajstić information content (AvgIpc) is 2.64. The fourth-order valence-electron chi connectivity index (χ4n) is 2.93. The molecule has 1 saturated heterocycles. The minimum Gasteiger partial charge on any atom is -0.393 e. The van der Waals surface area contributed by atoms with Crippen LogP contribution in [0.25, 0.3) is 0 Å². The Bertz CT molecular complexity index is 496. The Morgan fingerprint density at radius 3 is 2.70 bits per heavy atom. The monoisotopic (exact) mass is 279 g/mol. The predicted octanol–water partition coefficient (Wildman–Crippen LogP) is 1.20. The summed E-state index contributed by atoms with van der Waals surface area (Å²) < 4.78 is 1.87. The van der Waals surface area contributed by atoms with E-state index in [1.807, 2.05) is 37.4 Å². The molecule has 5 heteroatoms. The van der Waals surface area contributed by atoms with Gasteiger partial charge < -0.3 is 10.0 Å². The maximum Gasteiger partial charge on any atom is 0.222 e. The summed E-state index contributed by atoms with van der Waals surface area (Å²) in [4.78, 5) is 14.2. The first-order valence-electron chi connectivity index (χ1n) is 7.35. The first kappa shape index (κ1) is 15.0. The van der Waals surface area contributed by atoms with Gasteiger partial charge in [-0.1, -0.05) is 6.92 Å². The standard InChI is InChI=1S/C15H25N3O2/c1-10-9-18(8-7-14(10)19)15(20)6-5-13-11(2)16-17(4)12(13)3/h10,14,19H,5-9H2,1-4H3. The van der Waals surface area contributed by atoms with Crippen LogP contribution in [0.5, 0.6) is 0 Å². The van der Waals surface area contributed by atoms with Crippen LogP contribution in [0, 0.1) is 19.8 Å². The van der Waals surface area contributed by atoms with Crippen molar-refractivity contribution >= 4 is 5.91 Å². The highest BCUT2D eigenvalue weighted by atomic mass is 16.3. The molecule has 112 valence electrons. The van der Waals surface area contributed by atoms with Crippen molar-refractivity contribution in [2.24, 2.45) is 13.0 Å². The van der Waals surface area contributed by atoms with Gasteiger partial charge in [0.25, 0.3) is 0 Å². The van der Waals surface area contributed by atoms with Gasteiger partial charge in [-0.3, -0.25) is 9.48 Å². The number of aliphatic hydroxyl groups is 1. The van der Waals surface area contributed by atoms with Crippen molar-refractivity contribution in [2.45, 2.75) is 46.1 Å². The van der Waals surface area contributed by atoms with Gasteiger partial charge in [-0.25, -0.2) is 0 Å². The van der Waals surface area contributed by atoms with Crippen LogP contribution < -0.4 is 0 Å². The molecular formula is C15H25N3O2. The van der Waals surface area contributed by atoms with E-state index in [2.05, 4.69) is 5.10 Å². The summed E-state index contributed by atoms with van der Waals surface area (Å²) in [6.45, 7) is 7.38. The number of piperidine rings is 1. The number of rotatable bonds is 3. The second kappa shape index (κ2) is 5.95. The Hall–Kier alpha value is -1.36. The fraction of sp³-hybridized carbons (Fsp3) is 0.733. The highest BCUT2D eigenvalue weighted by Crippen LogP contribution is 2.19. The van der Waals surface area contributed by atoms with E-state index in [0.717, 1.165) is 17.8 Å². The van der Waals surface area contributed by atoms with Gasteiger partial charge in [-0.05, 0) is 38.2 Å². The number of likely N-dealkylation sites (tertiary alicyclic amines) is 1. The molecule has 1 aliphatic heterocycles. The van der Waals surface area contributed by atoms with Gasteiger partial charge in [0.15, 0.2) is 0 Å². The van der Waals surface area contributed by atoms with Gasteiger partial charge in [0.1, 0.15) is 0 Å². The van der Waals surface area contributed by atoms with Gasteiger partial charge in [0.2, 0.25) is 5.91 Å². The van der Waals surface area contributed by atoms with Gasteiger partial charge in [0, 0.05) is 32.3 Å². The van der Waals surface area contributed by atoms with Gasteiger partial charge in [-0.15, -0.1) is 0 Å². The van der Waals surface area contributed by atoms with E-state index in [-0.39, 0.29) is 17.9 Å². The van der Waals surface area contributed by atoms with E-state index in [9.17, 15) is 9.90 Å². The summed E-state index contributed by atoms with van der Waals surface area (Å²) >= 11 is 0. The molecule has 2 unspecified atom stereocenters. The summed E-state index contributed by atoms with van der Waals surface area (Å²) in [5, 5.41) is 14.1. The zero-order valence-corrected chi connectivity index (χ0v) is 12.9. The highest BCUT2D eigenvalue weighted by molar-refractivity contribution is 5.76. The molecule has 1 N–H and O–H groups in total. The molecule has 2 rings (SSSR count). The zero-order chi connectivity index (χ0) is 14.9. The first-order chi connectivity index (χ1) is 9.40. The van der Waals surface area contributed by atoms with Crippen LogP contribution in [-0.4, -0.2) is 44.9 Å². The Morgan fingerprint density at radius 2 is 2.15 bits per heavy atom. The molecule has 0 aliphatic carbocycles. The minimum absolute atomic E-state index is 0.176. The Morgan fingerprint density at radius 1 is 1.45 bits per heavy atom. The molecular weight excluding hydrogens is 254 g/mol. The van der Waals surface area contributed by atoms with E-state index < -0.39 is 0 Å². The number of carbonyl (C=O) groups excluding carboxylic acids is 1. The maximum atomic E-state index is 12.3. The van der Waals surface area contributed by atoms with Crippen molar-refractivity contribution in [2.75, 3.05) is 13.1 Å². The van der Waals surface area contributed by atoms with E-state index in [4.69, 9.17) is 0 Å². The zero-order valence-electron chi connectivity index (χ0n) is 12.9. The van der Waals surface area contributed by atoms with Crippen LogP contribution in [0.4, 0.5) is 0 Å². The van der Waals surface area contributed by atoms with E-state index >= 15 is 0 Å². The lowest BCUT2D eigenvalue weighted by Gasteiger charge is -2.34. The molecule has 20 heavy (non-hydrogen) atoms. The molecule has 0 radical (unpaired) electrons. The molecule has 2 atom stereocenters. The molecule has 1 fully saturated rings. The Kier molecular flexibility index (Phi) is 4.48. The maximum absolute atomic E-state index is 12.3. The minimum atomic E-state index is -0.262. The summed E-state index contributed by atoms with van der Waals surface area (Å²) in [7, 11) is 1.93. The third kappa shape index (κ3) is 3.03. The summed E-state index contributed by atoms with van der Waals surface area (Å²) in [5.41, 5.74) is 3.34. The first-order valence-corrected chi connectivity index (χ1v) is 7.35. The average molecular weight is 279 g/mol. The van der Waals surface area contributed by atoms with Crippen molar-refractivity contribution < 1.29 is 9.90 Å². The number of nitrogens with zero attached hydrogens (tertiary/aromatic N) is 3. The Labute approximate surface area is 120 Å². The third-order valence-corrected chi connectivity index (χ3v) is 4.46. The van der Waals surface area contributed by atoms with Gasteiger partial charge >= 0.3 is 0 Å². The number of aromatic nitrogens is 2. The molecule has 0 aromatic carbocycles. The summed E-state index contributed by atoms with van der Waals surface area (Å²) in [5.74, 6) is 0.362. The molecule has 0 bridgehead atoms. The predicted molar refractivity (Wildman–Crippen MR) is 77.4 cm³/mol. The van der Waals surface area contributed by atoms with Gasteiger partial charge in [-0.2, -0.15) is 5.10 Å². The van der Waals surface area contributed by atoms with Crippen LogP contribution in [0.3, 0.4) is 0 Å². The molecule has 5 nitrogen and oxygen atoms in total. The highest BCUT2D eigenvalue weighted by Gasteiger charge is 2.27. The molecule has 1 aromatic heterocycles. The van der Waals surface area contributed by atoms with Crippen molar-refractivity contribution in [3.05, 3.63) is 17.0 Å². The molecule has 1 amide bonds. The third-order valence-electron chi connectivity index (χ3n) is 4.46. The van der Waals surface area contributed by atoms with E-state index in [1.165, 1.54) is 5.56 Å². The number of hydrogen-bond donors (Lipinski definition) is 1. The van der Waals surface area contributed by atoms with Crippen LogP contribution in [0.15, 0.2) is 0 Å². The smallest absolute Gasteiger partial charge is 0.222 e. The molecule has 2 heterocycles. The van der Waals surface area contributed by atoms with E-state index in [0.29, 0.717) is 25.9 Å². The molecule has 1 aromatic rings. The van der Waals surface area contributed by atoms with Crippen molar-refractivity contribution in [1.29, 1.82) is 0 Å². The number of aliphatic hydroxyl groups excluding tert-OH is 1. The number of hydrogen-bond acceptors (Lipinski definition) is 3. The molecule has 1 aliphatic rings. The topological polar surface area (TPSA) is 58.4 Å². The normalized spacial score (nSPS) is 23.1.